The number of nitrogens with two attached hydrogens (primary N) is 1. The lowest BCUT2D eigenvalue weighted by atomic mass is 10.1. The van der Waals surface area contributed by atoms with Crippen LogP contribution < -0.4 is 11.1 Å². The summed E-state index contributed by atoms with van der Waals surface area (Å²) in [6.45, 7) is 0.440. The van der Waals surface area contributed by atoms with Crippen LogP contribution in [0.4, 0.5) is 10.6 Å². The van der Waals surface area contributed by atoms with Crippen LogP contribution in [-0.2, 0) is 17.7 Å². The van der Waals surface area contributed by atoms with Gasteiger partial charge in [-0.15, -0.1) is 5.10 Å². The molecule has 3 rings (SSSR count). The second-order valence-corrected chi connectivity index (χ2v) is 5.35. The standard InChI is InChI=1S/C16H18N6O3/c1-25-16(24)19-14-8-18-22(20-14)10-15(23)21-9-11(6-7-17)12-4-2-3-5-13(12)21/h2-5,8-9H,6-7,10,17H2,1H3,(H,19,20,24). The van der Waals surface area contributed by atoms with Crippen LogP contribution in [0.15, 0.2) is 36.7 Å². The number of hydrogen-bond acceptors (Lipinski definition) is 6. The number of methoxy groups -OCH3 is 1. The molecule has 25 heavy (non-hydrogen) atoms. The molecule has 0 bridgehead atoms. The molecule has 0 spiro atoms. The molecule has 9 heteroatoms. The molecule has 0 saturated carbocycles. The van der Waals surface area contributed by atoms with E-state index in [2.05, 4.69) is 20.3 Å². The minimum atomic E-state index is -0.652. The molecule has 0 saturated heterocycles. The van der Waals surface area contributed by atoms with Gasteiger partial charge in [-0.3, -0.25) is 14.7 Å². The number of carbonyl (C=O) groups is 2. The summed E-state index contributed by atoms with van der Waals surface area (Å²) in [6.07, 6.45) is 3.18. The maximum absolute atomic E-state index is 12.7. The monoisotopic (exact) mass is 342 g/mol. The number of nitrogens with one attached hydrogen (secondary N) is 1. The predicted molar refractivity (Wildman–Crippen MR) is 91.4 cm³/mol. The first-order valence-corrected chi connectivity index (χ1v) is 7.69. The lowest BCUT2D eigenvalue weighted by Gasteiger charge is -2.03. The van der Waals surface area contributed by atoms with E-state index in [9.17, 15) is 9.59 Å². The van der Waals surface area contributed by atoms with Gasteiger partial charge >= 0.3 is 6.09 Å². The number of nitrogens with zero attached hydrogens (tertiary/aromatic N) is 4. The minimum absolute atomic E-state index is 0.0659. The smallest absolute Gasteiger partial charge is 0.412 e. The van der Waals surface area contributed by atoms with Crippen molar-refractivity contribution in [2.45, 2.75) is 13.0 Å². The van der Waals surface area contributed by atoms with Gasteiger partial charge < -0.3 is 10.5 Å². The molecular weight excluding hydrogens is 324 g/mol. The Hall–Kier alpha value is -3.20. The molecule has 0 radical (unpaired) electrons. The third kappa shape index (κ3) is 3.50. The van der Waals surface area contributed by atoms with Crippen molar-refractivity contribution in [2.24, 2.45) is 5.73 Å². The van der Waals surface area contributed by atoms with Crippen LogP contribution in [0.5, 0.6) is 0 Å². The summed E-state index contributed by atoms with van der Waals surface area (Å²) in [5, 5.41) is 11.4. The number of fused-ring (bicyclic) bond motifs is 1. The molecule has 130 valence electrons. The van der Waals surface area contributed by atoms with Crippen molar-refractivity contribution in [1.82, 2.24) is 19.6 Å². The van der Waals surface area contributed by atoms with E-state index in [1.165, 1.54) is 18.1 Å². The van der Waals surface area contributed by atoms with E-state index in [0.29, 0.717) is 13.0 Å². The van der Waals surface area contributed by atoms with Crippen LogP contribution in [0.3, 0.4) is 0 Å². The van der Waals surface area contributed by atoms with Crippen molar-refractivity contribution in [3.05, 3.63) is 42.2 Å². The first-order valence-electron chi connectivity index (χ1n) is 7.69. The van der Waals surface area contributed by atoms with E-state index < -0.39 is 6.09 Å². The first kappa shape index (κ1) is 16.7. The topological polar surface area (TPSA) is 117 Å². The van der Waals surface area contributed by atoms with Crippen LogP contribution in [0, 0.1) is 0 Å². The summed E-state index contributed by atoms with van der Waals surface area (Å²) < 4.78 is 6.06. The second-order valence-electron chi connectivity index (χ2n) is 5.35. The molecule has 0 aliphatic rings. The van der Waals surface area contributed by atoms with Crippen LogP contribution in [-0.4, -0.2) is 45.2 Å². The first-order chi connectivity index (χ1) is 12.1. The maximum Gasteiger partial charge on any atom is 0.412 e. The number of benzene rings is 1. The quantitative estimate of drug-likeness (QED) is 0.721. The molecule has 3 N–H and O–H groups in total. The van der Waals surface area contributed by atoms with Gasteiger partial charge in [0.05, 0.1) is 18.8 Å². The van der Waals surface area contributed by atoms with Crippen LogP contribution >= 0.6 is 0 Å². The van der Waals surface area contributed by atoms with Crippen molar-refractivity contribution in [3.8, 4) is 0 Å². The average Bonchev–Trinajstić information content (AvgIpc) is 3.20. The summed E-state index contributed by atoms with van der Waals surface area (Å²) in [4.78, 5) is 25.0. The molecule has 0 atom stereocenters. The van der Waals surface area contributed by atoms with Gasteiger partial charge in [0.25, 0.3) is 5.91 Å². The fourth-order valence-electron chi connectivity index (χ4n) is 2.59. The van der Waals surface area contributed by atoms with E-state index >= 15 is 0 Å². The number of hydrogen-bond donors (Lipinski definition) is 2. The summed E-state index contributed by atoms with van der Waals surface area (Å²) in [7, 11) is 1.25. The third-order valence-corrected chi connectivity index (χ3v) is 3.71. The fraction of sp³-hybridized carbons (Fsp3) is 0.250. The van der Waals surface area contributed by atoms with Gasteiger partial charge in [0, 0.05) is 11.6 Å². The largest absolute Gasteiger partial charge is 0.453 e. The molecule has 2 heterocycles. The van der Waals surface area contributed by atoms with Gasteiger partial charge in [0.1, 0.15) is 6.54 Å². The summed E-state index contributed by atoms with van der Waals surface area (Å²) in [5.74, 6) is 0.0144. The van der Waals surface area contributed by atoms with Crippen LogP contribution in [0.25, 0.3) is 10.9 Å². The number of carbonyl (C=O) groups excluding carboxylic acids is 2. The van der Waals surface area contributed by atoms with E-state index in [1.54, 1.807) is 10.8 Å². The van der Waals surface area contributed by atoms with E-state index in [1.807, 2.05) is 24.3 Å². The Morgan fingerprint density at radius 1 is 1.32 bits per heavy atom. The zero-order chi connectivity index (χ0) is 17.8. The van der Waals surface area contributed by atoms with Gasteiger partial charge in [0.15, 0.2) is 5.82 Å². The van der Waals surface area contributed by atoms with Crippen LogP contribution in [0.1, 0.15) is 10.4 Å². The summed E-state index contributed by atoms with van der Waals surface area (Å²) in [5.41, 5.74) is 7.49. The Bertz CT molecular complexity index is 914. The Kier molecular flexibility index (Phi) is 4.75. The molecule has 1 amide bonds. The Balaban J connectivity index is 1.82. The average molecular weight is 342 g/mol. The number of anilines is 1. The highest BCUT2D eigenvalue weighted by atomic mass is 16.5. The molecule has 2 aromatic heterocycles. The van der Waals surface area contributed by atoms with Crippen molar-refractivity contribution in [2.75, 3.05) is 19.0 Å². The minimum Gasteiger partial charge on any atom is -0.453 e. The van der Waals surface area contributed by atoms with Crippen molar-refractivity contribution >= 4 is 28.7 Å². The Labute approximate surface area is 143 Å². The number of ether oxygens (including phenoxy) is 1. The highest BCUT2D eigenvalue weighted by molar-refractivity contribution is 5.94. The number of para-hydroxylation sites is 1. The zero-order valence-electron chi connectivity index (χ0n) is 13.7. The molecule has 0 aliphatic heterocycles. The number of rotatable bonds is 5. The lowest BCUT2D eigenvalue weighted by Crippen LogP contribution is -2.19. The molecular formula is C16H18N6O3. The van der Waals surface area contributed by atoms with Gasteiger partial charge in [-0.2, -0.15) is 9.90 Å². The van der Waals surface area contributed by atoms with Gasteiger partial charge in [-0.1, -0.05) is 18.2 Å². The fourth-order valence-corrected chi connectivity index (χ4v) is 2.59. The van der Waals surface area contributed by atoms with Gasteiger partial charge in [0.2, 0.25) is 0 Å². The number of amides is 1. The lowest BCUT2D eigenvalue weighted by molar-refractivity contribution is 0.0886. The molecule has 1 aromatic carbocycles. The molecule has 0 aliphatic carbocycles. The van der Waals surface area contributed by atoms with E-state index in [4.69, 9.17) is 5.73 Å². The van der Waals surface area contributed by atoms with Crippen LogP contribution in [0.2, 0.25) is 0 Å². The molecule has 0 fully saturated rings. The summed E-state index contributed by atoms with van der Waals surface area (Å²) in [6, 6.07) is 7.66. The predicted octanol–water partition coefficient (Wildman–Crippen LogP) is 1.25. The summed E-state index contributed by atoms with van der Waals surface area (Å²) >= 11 is 0. The van der Waals surface area contributed by atoms with Gasteiger partial charge in [-0.05, 0) is 24.6 Å². The third-order valence-electron chi connectivity index (χ3n) is 3.71. The highest BCUT2D eigenvalue weighted by Gasteiger charge is 2.15. The Morgan fingerprint density at radius 2 is 2.12 bits per heavy atom. The number of aromatic nitrogens is 4. The second kappa shape index (κ2) is 7.14. The molecule has 9 nitrogen and oxygen atoms in total. The van der Waals surface area contributed by atoms with E-state index in [0.717, 1.165) is 16.5 Å². The Morgan fingerprint density at radius 3 is 2.88 bits per heavy atom. The normalized spacial score (nSPS) is 10.8. The van der Waals surface area contributed by atoms with Crippen molar-refractivity contribution in [1.29, 1.82) is 0 Å². The molecule has 3 aromatic rings. The van der Waals surface area contributed by atoms with E-state index in [-0.39, 0.29) is 18.3 Å². The molecule has 0 unspecified atom stereocenters. The zero-order valence-corrected chi connectivity index (χ0v) is 13.7. The van der Waals surface area contributed by atoms with Crippen molar-refractivity contribution in [3.63, 3.8) is 0 Å². The van der Waals surface area contributed by atoms with Crippen molar-refractivity contribution < 1.29 is 14.3 Å². The van der Waals surface area contributed by atoms with Gasteiger partial charge in [-0.25, -0.2) is 4.79 Å². The SMILES string of the molecule is COC(=O)Nc1cnn(CC(=O)n2cc(CCN)c3ccccc32)n1. The maximum atomic E-state index is 12.7. The highest BCUT2D eigenvalue weighted by Crippen LogP contribution is 2.21.